The van der Waals surface area contributed by atoms with Gasteiger partial charge in [0.1, 0.15) is 11.5 Å². The molecule has 5 nitrogen and oxygen atoms in total. The van der Waals surface area contributed by atoms with Gasteiger partial charge in [0, 0.05) is 29.5 Å². The number of hydrogen-bond acceptors (Lipinski definition) is 5. The van der Waals surface area contributed by atoms with E-state index >= 15 is 0 Å². The van der Waals surface area contributed by atoms with Crippen LogP contribution in [0.15, 0.2) is 42.5 Å². The predicted octanol–water partition coefficient (Wildman–Crippen LogP) is 3.13. The number of nitrogen functional groups attached to an aromatic ring is 1. The number of benzene rings is 2. The molecule has 0 fully saturated rings. The summed E-state index contributed by atoms with van der Waals surface area (Å²) >= 11 is 0. The van der Waals surface area contributed by atoms with E-state index in [0.29, 0.717) is 23.7 Å². The van der Waals surface area contributed by atoms with Crippen molar-refractivity contribution in [2.24, 2.45) is 0 Å². The SMILES string of the molecule is COc1cc2c(cc1OC)C(Oc1ccc(N)cc1)=CCN2. The van der Waals surface area contributed by atoms with Crippen LogP contribution in [-0.4, -0.2) is 20.8 Å². The molecule has 0 bridgehead atoms. The molecule has 1 heterocycles. The number of methoxy groups -OCH3 is 2. The lowest BCUT2D eigenvalue weighted by molar-refractivity contribution is 0.355. The maximum absolute atomic E-state index is 5.98. The third-order valence-corrected chi connectivity index (χ3v) is 3.48. The van der Waals surface area contributed by atoms with Crippen LogP contribution in [0.4, 0.5) is 11.4 Å². The Morgan fingerprint density at radius 2 is 1.68 bits per heavy atom. The molecule has 2 aromatic rings. The average Bonchev–Trinajstić information content (AvgIpc) is 2.56. The molecule has 114 valence electrons. The van der Waals surface area contributed by atoms with E-state index in [9.17, 15) is 0 Å². The molecule has 22 heavy (non-hydrogen) atoms. The lowest BCUT2D eigenvalue weighted by Crippen LogP contribution is -2.11. The fourth-order valence-electron chi connectivity index (χ4n) is 2.35. The van der Waals surface area contributed by atoms with E-state index in [0.717, 1.165) is 22.8 Å². The predicted molar refractivity (Wildman–Crippen MR) is 87.5 cm³/mol. The zero-order chi connectivity index (χ0) is 15.5. The molecule has 0 aliphatic carbocycles. The Hall–Kier alpha value is -2.82. The van der Waals surface area contributed by atoms with Gasteiger partial charge in [-0.3, -0.25) is 0 Å². The molecule has 5 heteroatoms. The molecular weight excluding hydrogens is 280 g/mol. The normalized spacial score (nSPS) is 12.7. The van der Waals surface area contributed by atoms with Crippen molar-refractivity contribution in [1.82, 2.24) is 0 Å². The molecule has 0 saturated carbocycles. The van der Waals surface area contributed by atoms with Crippen molar-refractivity contribution in [2.45, 2.75) is 0 Å². The number of nitrogens with one attached hydrogen (secondary N) is 1. The lowest BCUT2D eigenvalue weighted by Gasteiger charge is -2.21. The Morgan fingerprint density at radius 3 is 2.36 bits per heavy atom. The smallest absolute Gasteiger partial charge is 0.162 e. The highest BCUT2D eigenvalue weighted by Gasteiger charge is 2.18. The van der Waals surface area contributed by atoms with Crippen molar-refractivity contribution in [3.8, 4) is 17.2 Å². The summed E-state index contributed by atoms with van der Waals surface area (Å²) in [6.45, 7) is 0.687. The van der Waals surface area contributed by atoms with E-state index in [1.165, 1.54) is 0 Å². The molecular formula is C17H18N2O3. The fraction of sp³-hybridized carbons (Fsp3) is 0.176. The maximum Gasteiger partial charge on any atom is 0.162 e. The number of ether oxygens (including phenoxy) is 3. The Kier molecular flexibility index (Phi) is 3.78. The van der Waals surface area contributed by atoms with Crippen LogP contribution in [0, 0.1) is 0 Å². The molecule has 0 radical (unpaired) electrons. The van der Waals surface area contributed by atoms with Crippen molar-refractivity contribution < 1.29 is 14.2 Å². The van der Waals surface area contributed by atoms with E-state index in [1.807, 2.05) is 42.5 Å². The summed E-state index contributed by atoms with van der Waals surface area (Å²) in [6.07, 6.45) is 1.99. The second-order valence-electron chi connectivity index (χ2n) is 4.87. The molecule has 1 aliphatic rings. The first-order valence-electron chi connectivity index (χ1n) is 6.95. The number of anilines is 2. The maximum atomic E-state index is 5.98. The van der Waals surface area contributed by atoms with E-state index in [-0.39, 0.29) is 0 Å². The molecule has 0 amide bonds. The highest BCUT2D eigenvalue weighted by atomic mass is 16.5. The van der Waals surface area contributed by atoms with Crippen LogP contribution in [0.25, 0.3) is 5.76 Å². The first kappa shape index (κ1) is 14.1. The second-order valence-corrected chi connectivity index (χ2v) is 4.87. The molecule has 3 rings (SSSR count). The lowest BCUT2D eigenvalue weighted by atomic mass is 10.1. The standard InChI is InChI=1S/C17H18N2O3/c1-20-16-9-13-14(10-17(16)21-2)19-8-7-15(13)22-12-5-3-11(18)4-6-12/h3-7,9-10,19H,8,18H2,1-2H3. The van der Waals surface area contributed by atoms with E-state index in [2.05, 4.69) is 5.32 Å². The van der Waals surface area contributed by atoms with Crippen LogP contribution in [-0.2, 0) is 0 Å². The van der Waals surface area contributed by atoms with Crippen LogP contribution >= 0.6 is 0 Å². The van der Waals surface area contributed by atoms with Crippen LogP contribution < -0.4 is 25.3 Å². The second kappa shape index (κ2) is 5.89. The van der Waals surface area contributed by atoms with Gasteiger partial charge in [0.15, 0.2) is 11.5 Å². The fourth-order valence-corrected chi connectivity index (χ4v) is 2.35. The molecule has 0 saturated heterocycles. The minimum atomic E-state index is 0.664. The summed E-state index contributed by atoms with van der Waals surface area (Å²) in [5, 5.41) is 3.30. The quantitative estimate of drug-likeness (QED) is 0.849. The van der Waals surface area contributed by atoms with Gasteiger partial charge in [0.2, 0.25) is 0 Å². The zero-order valence-electron chi connectivity index (χ0n) is 12.6. The molecule has 0 atom stereocenters. The van der Waals surface area contributed by atoms with Crippen LogP contribution in [0.5, 0.6) is 17.2 Å². The molecule has 1 aliphatic heterocycles. The number of rotatable bonds is 4. The van der Waals surface area contributed by atoms with Gasteiger partial charge in [-0.1, -0.05) is 0 Å². The van der Waals surface area contributed by atoms with Crippen molar-refractivity contribution in [1.29, 1.82) is 0 Å². The van der Waals surface area contributed by atoms with Gasteiger partial charge >= 0.3 is 0 Å². The number of nitrogens with two attached hydrogens (primary N) is 1. The third-order valence-electron chi connectivity index (χ3n) is 3.48. The van der Waals surface area contributed by atoms with Gasteiger partial charge in [-0.25, -0.2) is 0 Å². The summed E-state index contributed by atoms with van der Waals surface area (Å²) in [6, 6.07) is 11.1. The van der Waals surface area contributed by atoms with Gasteiger partial charge in [-0.15, -0.1) is 0 Å². The van der Waals surface area contributed by atoms with Crippen molar-refractivity contribution in [3.63, 3.8) is 0 Å². The largest absolute Gasteiger partial charge is 0.493 e. The summed E-state index contributed by atoms with van der Waals surface area (Å²) in [7, 11) is 3.24. The molecule has 0 aromatic heterocycles. The summed E-state index contributed by atoms with van der Waals surface area (Å²) in [4.78, 5) is 0. The van der Waals surface area contributed by atoms with Gasteiger partial charge in [-0.2, -0.15) is 0 Å². The molecule has 2 aromatic carbocycles. The summed E-state index contributed by atoms with van der Waals surface area (Å²) in [5.74, 6) is 2.86. The highest BCUT2D eigenvalue weighted by molar-refractivity contribution is 5.79. The minimum absolute atomic E-state index is 0.664. The Morgan fingerprint density at radius 1 is 1.00 bits per heavy atom. The minimum Gasteiger partial charge on any atom is -0.493 e. The molecule has 0 unspecified atom stereocenters. The highest BCUT2D eigenvalue weighted by Crippen LogP contribution is 2.38. The van der Waals surface area contributed by atoms with Crippen LogP contribution in [0.1, 0.15) is 5.56 Å². The van der Waals surface area contributed by atoms with E-state index in [1.54, 1.807) is 14.2 Å². The topological polar surface area (TPSA) is 65.7 Å². The van der Waals surface area contributed by atoms with Crippen LogP contribution in [0.2, 0.25) is 0 Å². The zero-order valence-corrected chi connectivity index (χ0v) is 12.6. The van der Waals surface area contributed by atoms with Crippen molar-refractivity contribution in [3.05, 3.63) is 48.0 Å². The number of hydrogen-bond donors (Lipinski definition) is 2. The van der Waals surface area contributed by atoms with Gasteiger partial charge in [0.05, 0.1) is 14.2 Å². The number of fused-ring (bicyclic) bond motifs is 1. The average molecular weight is 298 g/mol. The van der Waals surface area contributed by atoms with Crippen molar-refractivity contribution >= 4 is 17.1 Å². The Labute approximate surface area is 129 Å². The third kappa shape index (κ3) is 2.65. The monoisotopic (exact) mass is 298 g/mol. The molecule has 0 spiro atoms. The van der Waals surface area contributed by atoms with Crippen LogP contribution in [0.3, 0.4) is 0 Å². The summed E-state index contributed by atoms with van der Waals surface area (Å²) in [5.41, 5.74) is 8.28. The van der Waals surface area contributed by atoms with Gasteiger partial charge in [0.25, 0.3) is 0 Å². The van der Waals surface area contributed by atoms with E-state index < -0.39 is 0 Å². The first-order valence-corrected chi connectivity index (χ1v) is 6.95. The van der Waals surface area contributed by atoms with E-state index in [4.69, 9.17) is 19.9 Å². The molecule has 3 N–H and O–H groups in total. The Bertz CT molecular complexity index is 709. The van der Waals surface area contributed by atoms with Gasteiger partial charge in [-0.05, 0) is 36.4 Å². The summed E-state index contributed by atoms with van der Waals surface area (Å²) < 4.78 is 16.7. The van der Waals surface area contributed by atoms with Gasteiger partial charge < -0.3 is 25.3 Å². The Balaban J connectivity index is 1.95. The first-order chi connectivity index (χ1) is 10.7. The van der Waals surface area contributed by atoms with Crippen molar-refractivity contribution in [2.75, 3.05) is 31.8 Å².